The van der Waals surface area contributed by atoms with Crippen LogP contribution in [-0.4, -0.2) is 14.0 Å². The van der Waals surface area contributed by atoms with Crippen LogP contribution in [0.5, 0.6) is 0 Å². The van der Waals surface area contributed by atoms with Crippen molar-refractivity contribution in [3.05, 3.63) is 128 Å². The molecule has 3 heterocycles. The molecule has 7 aromatic rings. The minimum Gasteiger partial charge on any atom is -0.309 e. The number of rotatable bonds is 3. The molecule has 0 radical (unpaired) electrons. The Balaban J connectivity index is 1.25. The molecule has 160 valence electrons. The van der Waals surface area contributed by atoms with E-state index in [-0.39, 0.29) is 0 Å². The number of benzene rings is 4. The van der Waals surface area contributed by atoms with Crippen LogP contribution in [-0.2, 0) is 0 Å². The highest BCUT2D eigenvalue weighted by atomic mass is 15.0. The van der Waals surface area contributed by atoms with Crippen molar-refractivity contribution >= 4 is 27.5 Å². The normalized spacial score (nSPS) is 11.5. The molecule has 4 aromatic carbocycles. The molecule has 0 aliphatic rings. The molecular weight excluding hydrogens is 414 g/mol. The van der Waals surface area contributed by atoms with Crippen molar-refractivity contribution < 1.29 is 0 Å². The Bertz CT molecular complexity index is 1700. The highest BCUT2D eigenvalue weighted by molar-refractivity contribution is 6.09. The first kappa shape index (κ1) is 18.9. The summed E-state index contributed by atoms with van der Waals surface area (Å²) < 4.78 is 4.40. The number of aromatic nitrogens is 3. The molecule has 3 aromatic heterocycles. The molecule has 34 heavy (non-hydrogen) atoms. The second-order valence-electron chi connectivity index (χ2n) is 8.59. The van der Waals surface area contributed by atoms with Crippen molar-refractivity contribution in [1.29, 1.82) is 0 Å². The third-order valence-corrected chi connectivity index (χ3v) is 6.58. The van der Waals surface area contributed by atoms with Gasteiger partial charge in [0.05, 0.1) is 16.7 Å². The number of imidazole rings is 1. The van der Waals surface area contributed by atoms with E-state index in [4.69, 9.17) is 4.98 Å². The van der Waals surface area contributed by atoms with Crippen molar-refractivity contribution in [1.82, 2.24) is 14.0 Å². The van der Waals surface area contributed by atoms with Crippen LogP contribution in [0.4, 0.5) is 0 Å². The van der Waals surface area contributed by atoms with Gasteiger partial charge >= 0.3 is 0 Å². The summed E-state index contributed by atoms with van der Waals surface area (Å²) in [5.74, 6) is 0. The van der Waals surface area contributed by atoms with E-state index in [9.17, 15) is 0 Å². The SMILES string of the molecule is c1ccc2c(c1)c1ccccc1n2-c1ccc(-c2ccc(-c3cn4ccccc4n3)cc2)cc1. The van der Waals surface area contributed by atoms with E-state index in [2.05, 4.69) is 112 Å². The summed E-state index contributed by atoms with van der Waals surface area (Å²) in [6.45, 7) is 0. The van der Waals surface area contributed by atoms with Gasteiger partial charge in [0, 0.05) is 34.4 Å². The Labute approximate surface area is 197 Å². The number of hydrogen-bond donors (Lipinski definition) is 0. The zero-order chi connectivity index (χ0) is 22.5. The molecule has 0 N–H and O–H groups in total. The molecular formula is C31H21N3. The van der Waals surface area contributed by atoms with E-state index in [1.165, 1.54) is 38.6 Å². The Kier molecular flexibility index (Phi) is 4.15. The lowest BCUT2D eigenvalue weighted by Crippen LogP contribution is -1.93. The molecule has 7 rings (SSSR count). The van der Waals surface area contributed by atoms with Crippen molar-refractivity contribution in [2.45, 2.75) is 0 Å². The zero-order valence-electron chi connectivity index (χ0n) is 18.5. The van der Waals surface area contributed by atoms with E-state index in [1.54, 1.807) is 0 Å². The van der Waals surface area contributed by atoms with Crippen LogP contribution in [0.25, 0.3) is 55.5 Å². The molecule has 3 nitrogen and oxygen atoms in total. The lowest BCUT2D eigenvalue weighted by Gasteiger charge is -2.09. The van der Waals surface area contributed by atoms with Gasteiger partial charge in [-0.15, -0.1) is 0 Å². The molecule has 0 atom stereocenters. The molecule has 0 aliphatic carbocycles. The van der Waals surface area contributed by atoms with Gasteiger partial charge in [-0.05, 0) is 47.5 Å². The highest BCUT2D eigenvalue weighted by Crippen LogP contribution is 2.32. The Hall–Kier alpha value is -4.63. The summed E-state index contributed by atoms with van der Waals surface area (Å²) in [6, 6.07) is 40.8. The van der Waals surface area contributed by atoms with Crippen molar-refractivity contribution in [2.75, 3.05) is 0 Å². The summed E-state index contributed by atoms with van der Waals surface area (Å²) in [4.78, 5) is 4.74. The molecule has 0 fully saturated rings. The van der Waals surface area contributed by atoms with Crippen LogP contribution >= 0.6 is 0 Å². The first-order valence-corrected chi connectivity index (χ1v) is 11.5. The van der Waals surface area contributed by atoms with Crippen molar-refractivity contribution in [2.24, 2.45) is 0 Å². The summed E-state index contributed by atoms with van der Waals surface area (Å²) in [7, 11) is 0. The first-order valence-electron chi connectivity index (χ1n) is 11.5. The van der Waals surface area contributed by atoms with Crippen molar-refractivity contribution in [3.63, 3.8) is 0 Å². The molecule has 0 unspecified atom stereocenters. The first-order chi connectivity index (χ1) is 16.8. The maximum Gasteiger partial charge on any atom is 0.137 e. The van der Waals surface area contributed by atoms with Gasteiger partial charge in [-0.25, -0.2) is 4.98 Å². The molecule has 0 aliphatic heterocycles. The smallest absolute Gasteiger partial charge is 0.137 e. The van der Waals surface area contributed by atoms with Crippen molar-refractivity contribution in [3.8, 4) is 28.1 Å². The Morgan fingerprint density at radius 3 is 1.71 bits per heavy atom. The minimum absolute atomic E-state index is 0.960. The van der Waals surface area contributed by atoms with E-state index >= 15 is 0 Å². The number of nitrogens with zero attached hydrogens (tertiary/aromatic N) is 3. The molecule has 0 amide bonds. The number of para-hydroxylation sites is 2. The summed E-state index contributed by atoms with van der Waals surface area (Å²) in [5, 5.41) is 2.56. The molecule has 0 bridgehead atoms. The van der Waals surface area contributed by atoms with Crippen LogP contribution in [0.3, 0.4) is 0 Å². The topological polar surface area (TPSA) is 22.2 Å². The van der Waals surface area contributed by atoms with Crippen LogP contribution in [0, 0.1) is 0 Å². The van der Waals surface area contributed by atoms with Crippen LogP contribution < -0.4 is 0 Å². The van der Waals surface area contributed by atoms with Gasteiger partial charge in [-0.3, -0.25) is 0 Å². The molecule has 0 saturated heterocycles. The van der Waals surface area contributed by atoms with Crippen LogP contribution in [0.15, 0.2) is 128 Å². The Morgan fingerprint density at radius 2 is 1.06 bits per heavy atom. The largest absolute Gasteiger partial charge is 0.309 e. The van der Waals surface area contributed by atoms with E-state index in [0.29, 0.717) is 0 Å². The van der Waals surface area contributed by atoms with Gasteiger partial charge in [0.15, 0.2) is 0 Å². The second kappa shape index (κ2) is 7.46. The summed E-state index contributed by atoms with van der Waals surface area (Å²) in [5.41, 5.74) is 9.09. The predicted octanol–water partition coefficient (Wildman–Crippen LogP) is 7.77. The van der Waals surface area contributed by atoms with Crippen LogP contribution in [0.1, 0.15) is 0 Å². The summed E-state index contributed by atoms with van der Waals surface area (Å²) >= 11 is 0. The fourth-order valence-electron chi connectivity index (χ4n) is 4.91. The number of pyridine rings is 1. The lowest BCUT2D eigenvalue weighted by molar-refractivity contribution is 1.18. The standard InChI is InChI=1S/C31H21N3/c1-3-9-29-26(7-1)27-8-2-4-10-30(27)34(29)25-18-16-23(17-19-25)22-12-14-24(15-13-22)28-21-33-20-6-5-11-31(33)32-28/h1-21H. The quantitative estimate of drug-likeness (QED) is 0.278. The van der Waals surface area contributed by atoms with Gasteiger partial charge in [-0.2, -0.15) is 0 Å². The minimum atomic E-state index is 0.960. The van der Waals surface area contributed by atoms with E-state index in [1.807, 2.05) is 24.4 Å². The van der Waals surface area contributed by atoms with Gasteiger partial charge in [0.2, 0.25) is 0 Å². The van der Waals surface area contributed by atoms with E-state index in [0.717, 1.165) is 16.9 Å². The fourth-order valence-corrected chi connectivity index (χ4v) is 4.91. The summed E-state index contributed by atoms with van der Waals surface area (Å²) in [6.07, 6.45) is 4.10. The van der Waals surface area contributed by atoms with Gasteiger partial charge in [0.25, 0.3) is 0 Å². The highest BCUT2D eigenvalue weighted by Gasteiger charge is 2.11. The van der Waals surface area contributed by atoms with Gasteiger partial charge < -0.3 is 8.97 Å². The maximum atomic E-state index is 4.74. The maximum absolute atomic E-state index is 4.74. The fraction of sp³-hybridized carbons (Fsp3) is 0. The third-order valence-electron chi connectivity index (χ3n) is 6.58. The predicted molar refractivity (Wildman–Crippen MR) is 140 cm³/mol. The van der Waals surface area contributed by atoms with Gasteiger partial charge in [-0.1, -0.05) is 78.9 Å². The average Bonchev–Trinajstić information content (AvgIpc) is 3.49. The third kappa shape index (κ3) is 2.95. The van der Waals surface area contributed by atoms with Crippen LogP contribution in [0.2, 0.25) is 0 Å². The second-order valence-corrected chi connectivity index (χ2v) is 8.59. The zero-order valence-corrected chi connectivity index (χ0v) is 18.5. The molecule has 0 spiro atoms. The lowest BCUT2D eigenvalue weighted by atomic mass is 10.0. The monoisotopic (exact) mass is 435 g/mol. The van der Waals surface area contributed by atoms with Gasteiger partial charge in [0.1, 0.15) is 5.65 Å². The number of fused-ring (bicyclic) bond motifs is 4. The van der Waals surface area contributed by atoms with E-state index < -0.39 is 0 Å². The Morgan fingerprint density at radius 1 is 0.500 bits per heavy atom. The molecule has 3 heteroatoms. The molecule has 0 saturated carbocycles. The number of hydrogen-bond acceptors (Lipinski definition) is 1. The average molecular weight is 436 g/mol.